The summed E-state index contributed by atoms with van der Waals surface area (Å²) in [6.07, 6.45) is 1.66. The number of pyridine rings is 1. The summed E-state index contributed by atoms with van der Waals surface area (Å²) in [5.74, 6) is 1.63. The highest BCUT2D eigenvalue weighted by Gasteiger charge is 2.01. The minimum Gasteiger partial charge on any atom is -0.457 e. The Bertz CT molecular complexity index is 676. The number of aromatic nitrogens is 1. The highest BCUT2D eigenvalue weighted by atomic mass is 16.5. The van der Waals surface area contributed by atoms with Crippen LogP contribution in [0.1, 0.15) is 0 Å². The summed E-state index contributed by atoms with van der Waals surface area (Å²) in [4.78, 5) is 4.30. The van der Waals surface area contributed by atoms with E-state index >= 15 is 0 Å². The Morgan fingerprint density at radius 3 is 2.10 bits per heavy atom. The maximum absolute atomic E-state index is 5.75. The Kier molecular flexibility index (Phi) is 3.33. The number of hydrogen-bond acceptors (Lipinski definition) is 3. The van der Waals surface area contributed by atoms with Crippen LogP contribution in [0.2, 0.25) is 0 Å². The molecule has 0 aliphatic heterocycles. The summed E-state index contributed by atoms with van der Waals surface area (Å²) < 4.78 is 5.75. The lowest BCUT2D eigenvalue weighted by atomic mass is 10.1. The molecule has 3 rings (SSSR count). The third-order valence-corrected chi connectivity index (χ3v) is 2.92. The van der Waals surface area contributed by atoms with Crippen molar-refractivity contribution in [2.45, 2.75) is 0 Å². The summed E-state index contributed by atoms with van der Waals surface area (Å²) in [7, 11) is 0. The monoisotopic (exact) mass is 262 g/mol. The van der Waals surface area contributed by atoms with Crippen molar-refractivity contribution in [3.8, 4) is 22.8 Å². The van der Waals surface area contributed by atoms with E-state index in [2.05, 4.69) is 4.98 Å². The average Bonchev–Trinajstić information content (AvgIpc) is 2.50. The molecule has 0 aliphatic carbocycles. The minimum absolute atomic E-state index is 0.665. The van der Waals surface area contributed by atoms with Gasteiger partial charge in [0, 0.05) is 5.56 Å². The molecule has 98 valence electrons. The van der Waals surface area contributed by atoms with E-state index in [0.29, 0.717) is 5.69 Å². The lowest BCUT2D eigenvalue weighted by molar-refractivity contribution is 0.483. The van der Waals surface area contributed by atoms with Gasteiger partial charge in [-0.15, -0.1) is 0 Å². The molecule has 2 aromatic carbocycles. The van der Waals surface area contributed by atoms with Crippen LogP contribution in [-0.4, -0.2) is 4.98 Å². The molecule has 0 atom stereocenters. The third kappa shape index (κ3) is 2.78. The maximum atomic E-state index is 5.75. The molecule has 2 N–H and O–H groups in total. The second kappa shape index (κ2) is 5.45. The highest BCUT2D eigenvalue weighted by Crippen LogP contribution is 2.24. The Morgan fingerprint density at radius 1 is 0.750 bits per heavy atom. The van der Waals surface area contributed by atoms with Gasteiger partial charge in [0.2, 0.25) is 0 Å². The molecule has 3 aromatic rings. The number of hydrogen-bond donors (Lipinski definition) is 1. The van der Waals surface area contributed by atoms with Gasteiger partial charge < -0.3 is 10.5 Å². The van der Waals surface area contributed by atoms with Gasteiger partial charge in [-0.1, -0.05) is 18.2 Å². The fraction of sp³-hybridized carbons (Fsp3) is 0. The molecule has 0 aliphatic rings. The van der Waals surface area contributed by atoms with E-state index in [1.54, 1.807) is 6.20 Å². The maximum Gasteiger partial charge on any atom is 0.127 e. The summed E-state index contributed by atoms with van der Waals surface area (Å²) in [6, 6.07) is 21.3. The van der Waals surface area contributed by atoms with Crippen molar-refractivity contribution in [1.82, 2.24) is 4.98 Å². The number of nitrogen functional groups attached to an aromatic ring is 1. The van der Waals surface area contributed by atoms with Gasteiger partial charge in [0.1, 0.15) is 11.5 Å². The quantitative estimate of drug-likeness (QED) is 0.772. The molecule has 0 saturated carbocycles. The van der Waals surface area contributed by atoms with Gasteiger partial charge in [0.25, 0.3) is 0 Å². The summed E-state index contributed by atoms with van der Waals surface area (Å²) in [6.45, 7) is 0. The second-order valence-electron chi connectivity index (χ2n) is 4.42. The van der Waals surface area contributed by atoms with Gasteiger partial charge in [-0.3, -0.25) is 4.98 Å². The van der Waals surface area contributed by atoms with Crippen LogP contribution in [0.4, 0.5) is 5.69 Å². The number of para-hydroxylation sites is 1. The van der Waals surface area contributed by atoms with E-state index in [-0.39, 0.29) is 0 Å². The predicted octanol–water partition coefficient (Wildman–Crippen LogP) is 4.12. The van der Waals surface area contributed by atoms with Gasteiger partial charge in [0.15, 0.2) is 0 Å². The Hall–Kier alpha value is -2.81. The molecule has 3 heteroatoms. The second-order valence-corrected chi connectivity index (χ2v) is 4.42. The molecule has 0 fully saturated rings. The van der Waals surface area contributed by atoms with Crippen molar-refractivity contribution in [3.05, 3.63) is 72.9 Å². The SMILES string of the molecule is Nc1ccc(-c2ccc(Oc3ccccc3)cc2)nc1. The van der Waals surface area contributed by atoms with E-state index < -0.39 is 0 Å². The van der Waals surface area contributed by atoms with Gasteiger partial charge >= 0.3 is 0 Å². The lowest BCUT2D eigenvalue weighted by Crippen LogP contribution is -1.88. The first-order valence-corrected chi connectivity index (χ1v) is 6.36. The number of benzene rings is 2. The first-order chi connectivity index (χ1) is 9.81. The molecule has 0 saturated heterocycles. The summed E-state index contributed by atoms with van der Waals surface area (Å²) in [5, 5.41) is 0. The van der Waals surface area contributed by atoms with Gasteiger partial charge in [0.05, 0.1) is 17.6 Å². The molecule has 1 heterocycles. The van der Waals surface area contributed by atoms with Gasteiger partial charge in [-0.2, -0.15) is 0 Å². The van der Waals surface area contributed by atoms with Crippen LogP contribution in [0.15, 0.2) is 72.9 Å². The number of nitrogens with two attached hydrogens (primary N) is 1. The van der Waals surface area contributed by atoms with Crippen molar-refractivity contribution >= 4 is 5.69 Å². The average molecular weight is 262 g/mol. The van der Waals surface area contributed by atoms with Crippen LogP contribution in [0.25, 0.3) is 11.3 Å². The lowest BCUT2D eigenvalue weighted by Gasteiger charge is -2.06. The zero-order valence-electron chi connectivity index (χ0n) is 10.9. The zero-order chi connectivity index (χ0) is 13.8. The fourth-order valence-electron chi connectivity index (χ4n) is 1.89. The molecule has 0 amide bonds. The molecule has 0 radical (unpaired) electrons. The van der Waals surface area contributed by atoms with Crippen LogP contribution < -0.4 is 10.5 Å². The number of nitrogens with zero attached hydrogens (tertiary/aromatic N) is 1. The van der Waals surface area contributed by atoms with Gasteiger partial charge in [-0.05, 0) is 48.5 Å². The van der Waals surface area contributed by atoms with E-state index in [9.17, 15) is 0 Å². The van der Waals surface area contributed by atoms with Crippen molar-refractivity contribution in [3.63, 3.8) is 0 Å². The van der Waals surface area contributed by atoms with Crippen molar-refractivity contribution in [2.24, 2.45) is 0 Å². The normalized spacial score (nSPS) is 10.2. The van der Waals surface area contributed by atoms with Crippen LogP contribution in [0.3, 0.4) is 0 Å². The van der Waals surface area contributed by atoms with E-state index in [1.807, 2.05) is 66.7 Å². The molecule has 1 aromatic heterocycles. The molecule has 0 spiro atoms. The molecule has 3 nitrogen and oxygen atoms in total. The van der Waals surface area contributed by atoms with Crippen LogP contribution in [0, 0.1) is 0 Å². The Balaban J connectivity index is 1.79. The first-order valence-electron chi connectivity index (χ1n) is 6.36. The molecule has 0 bridgehead atoms. The Morgan fingerprint density at radius 2 is 1.45 bits per heavy atom. The molecular weight excluding hydrogens is 248 g/mol. The molecule has 20 heavy (non-hydrogen) atoms. The number of anilines is 1. The van der Waals surface area contributed by atoms with E-state index in [0.717, 1.165) is 22.8 Å². The van der Waals surface area contributed by atoms with E-state index in [1.165, 1.54) is 0 Å². The van der Waals surface area contributed by atoms with Crippen LogP contribution in [-0.2, 0) is 0 Å². The zero-order valence-corrected chi connectivity index (χ0v) is 10.9. The standard InChI is InChI=1S/C17H14N2O/c18-14-8-11-17(19-12-14)13-6-9-16(10-7-13)20-15-4-2-1-3-5-15/h1-12H,18H2. The van der Waals surface area contributed by atoms with Gasteiger partial charge in [-0.25, -0.2) is 0 Å². The minimum atomic E-state index is 0.665. The predicted molar refractivity (Wildman–Crippen MR) is 80.6 cm³/mol. The molecular formula is C17H14N2O. The number of ether oxygens (including phenoxy) is 1. The van der Waals surface area contributed by atoms with Crippen molar-refractivity contribution in [1.29, 1.82) is 0 Å². The van der Waals surface area contributed by atoms with Crippen molar-refractivity contribution in [2.75, 3.05) is 5.73 Å². The smallest absolute Gasteiger partial charge is 0.127 e. The Labute approximate surface area is 117 Å². The number of rotatable bonds is 3. The third-order valence-electron chi connectivity index (χ3n) is 2.92. The van der Waals surface area contributed by atoms with E-state index in [4.69, 9.17) is 10.5 Å². The molecule has 0 unspecified atom stereocenters. The van der Waals surface area contributed by atoms with Crippen LogP contribution in [0.5, 0.6) is 11.5 Å². The van der Waals surface area contributed by atoms with Crippen molar-refractivity contribution < 1.29 is 4.74 Å². The topological polar surface area (TPSA) is 48.1 Å². The summed E-state index contributed by atoms with van der Waals surface area (Å²) >= 11 is 0. The summed E-state index contributed by atoms with van der Waals surface area (Å²) in [5.41, 5.74) is 8.22. The fourth-order valence-corrected chi connectivity index (χ4v) is 1.89. The largest absolute Gasteiger partial charge is 0.457 e. The first kappa shape index (κ1) is 12.2. The van der Waals surface area contributed by atoms with Crippen LogP contribution >= 0.6 is 0 Å². The highest BCUT2D eigenvalue weighted by molar-refractivity contribution is 5.61.